The zero-order valence-corrected chi connectivity index (χ0v) is 12.7. The highest BCUT2D eigenvalue weighted by Gasteiger charge is 2.18. The highest BCUT2D eigenvalue weighted by Crippen LogP contribution is 2.10. The second-order valence-corrected chi connectivity index (χ2v) is 4.97. The summed E-state index contributed by atoms with van der Waals surface area (Å²) < 4.78 is 5.13. The second kappa shape index (κ2) is 7.76. The molecule has 1 N–H and O–H groups in total. The fraction of sp³-hybridized carbons (Fsp3) is 0.167. The summed E-state index contributed by atoms with van der Waals surface area (Å²) in [6.45, 7) is 1.52. The number of ether oxygens (including phenoxy) is 1. The summed E-state index contributed by atoms with van der Waals surface area (Å²) in [6.07, 6.45) is -0.781. The fourth-order valence-corrected chi connectivity index (χ4v) is 1.93. The monoisotopic (exact) mass is 308 g/mol. The van der Waals surface area contributed by atoms with Gasteiger partial charge >= 0.3 is 5.97 Å². The van der Waals surface area contributed by atoms with Crippen molar-refractivity contribution in [2.75, 3.05) is 5.32 Å². The minimum atomic E-state index is -0.901. The molecule has 0 aliphatic heterocycles. The first-order valence-corrected chi connectivity index (χ1v) is 7.13. The summed E-state index contributed by atoms with van der Waals surface area (Å²) in [5.41, 5.74) is 1.88. The van der Waals surface area contributed by atoms with Crippen LogP contribution in [0.5, 0.6) is 0 Å². The molecule has 0 fully saturated rings. The number of benzene rings is 2. The van der Waals surface area contributed by atoms with Crippen molar-refractivity contribution < 1.29 is 14.3 Å². The molecule has 1 atom stereocenters. The molecule has 2 aromatic rings. The summed E-state index contributed by atoms with van der Waals surface area (Å²) in [7, 11) is 0. The Labute approximate surface area is 134 Å². The Hall–Kier alpha value is -3.13. The first-order chi connectivity index (χ1) is 11.1. The minimum Gasteiger partial charge on any atom is -0.452 e. The number of anilines is 1. The second-order valence-electron chi connectivity index (χ2n) is 4.97. The number of rotatable bonds is 5. The van der Waals surface area contributed by atoms with Gasteiger partial charge in [-0.15, -0.1) is 0 Å². The molecule has 0 saturated heterocycles. The van der Waals surface area contributed by atoms with Crippen molar-refractivity contribution in [3.63, 3.8) is 0 Å². The van der Waals surface area contributed by atoms with Gasteiger partial charge in [-0.25, -0.2) is 0 Å². The van der Waals surface area contributed by atoms with Gasteiger partial charge in [-0.05, 0) is 36.8 Å². The lowest BCUT2D eigenvalue weighted by atomic mass is 10.1. The highest BCUT2D eigenvalue weighted by molar-refractivity contribution is 5.95. The van der Waals surface area contributed by atoms with E-state index in [4.69, 9.17) is 10.00 Å². The summed E-state index contributed by atoms with van der Waals surface area (Å²) >= 11 is 0. The molecular formula is C18H16N2O3. The third kappa shape index (κ3) is 4.97. The molecule has 116 valence electrons. The van der Waals surface area contributed by atoms with Crippen LogP contribution in [0.4, 0.5) is 5.69 Å². The van der Waals surface area contributed by atoms with Crippen molar-refractivity contribution in [2.24, 2.45) is 0 Å². The molecule has 5 nitrogen and oxygen atoms in total. The van der Waals surface area contributed by atoms with Crippen molar-refractivity contribution >= 4 is 17.6 Å². The topological polar surface area (TPSA) is 79.2 Å². The SMILES string of the molecule is C[C@@H](OC(=O)Cc1ccccc1)C(=O)Nc1ccc(C#N)cc1. The quantitative estimate of drug-likeness (QED) is 0.861. The van der Waals surface area contributed by atoms with Crippen LogP contribution < -0.4 is 5.32 Å². The molecule has 0 aromatic heterocycles. The molecule has 0 unspecified atom stereocenters. The Morgan fingerprint density at radius 1 is 1.13 bits per heavy atom. The Morgan fingerprint density at radius 3 is 2.39 bits per heavy atom. The van der Waals surface area contributed by atoms with Crippen LogP contribution in [0.2, 0.25) is 0 Å². The number of hydrogen-bond acceptors (Lipinski definition) is 4. The third-order valence-corrected chi connectivity index (χ3v) is 3.15. The van der Waals surface area contributed by atoms with Crippen molar-refractivity contribution in [1.82, 2.24) is 0 Å². The van der Waals surface area contributed by atoms with Gasteiger partial charge in [0, 0.05) is 5.69 Å². The van der Waals surface area contributed by atoms with E-state index in [-0.39, 0.29) is 6.42 Å². The predicted molar refractivity (Wildman–Crippen MR) is 85.5 cm³/mol. The fourth-order valence-electron chi connectivity index (χ4n) is 1.93. The van der Waals surface area contributed by atoms with Gasteiger partial charge in [0.25, 0.3) is 5.91 Å². The normalized spacial score (nSPS) is 11.1. The average molecular weight is 308 g/mol. The van der Waals surface area contributed by atoms with E-state index in [0.717, 1.165) is 5.56 Å². The summed E-state index contributed by atoms with van der Waals surface area (Å²) in [4.78, 5) is 23.8. The van der Waals surface area contributed by atoms with E-state index in [1.165, 1.54) is 6.92 Å². The van der Waals surface area contributed by atoms with Crippen LogP contribution >= 0.6 is 0 Å². The molecule has 5 heteroatoms. The number of carbonyl (C=O) groups excluding carboxylic acids is 2. The van der Waals surface area contributed by atoms with Gasteiger partial charge in [0.05, 0.1) is 18.1 Å². The van der Waals surface area contributed by atoms with Crippen LogP contribution in [0.15, 0.2) is 54.6 Å². The highest BCUT2D eigenvalue weighted by atomic mass is 16.5. The smallest absolute Gasteiger partial charge is 0.311 e. The number of esters is 1. The first-order valence-electron chi connectivity index (χ1n) is 7.13. The van der Waals surface area contributed by atoms with Gasteiger partial charge in [0.15, 0.2) is 6.10 Å². The lowest BCUT2D eigenvalue weighted by molar-refractivity contribution is -0.152. The average Bonchev–Trinajstić information content (AvgIpc) is 2.56. The van der Waals surface area contributed by atoms with Crippen molar-refractivity contribution in [3.8, 4) is 6.07 Å². The number of carbonyl (C=O) groups is 2. The number of nitrogens with one attached hydrogen (secondary N) is 1. The largest absolute Gasteiger partial charge is 0.452 e. The van der Waals surface area contributed by atoms with Crippen molar-refractivity contribution in [3.05, 3.63) is 65.7 Å². The van der Waals surface area contributed by atoms with E-state index in [2.05, 4.69) is 5.32 Å². The van der Waals surface area contributed by atoms with Crippen LogP contribution in [-0.2, 0) is 20.7 Å². The molecule has 0 aliphatic rings. The lowest BCUT2D eigenvalue weighted by Gasteiger charge is -2.13. The van der Waals surface area contributed by atoms with E-state index in [0.29, 0.717) is 11.3 Å². The maximum Gasteiger partial charge on any atom is 0.311 e. The Kier molecular flexibility index (Phi) is 5.48. The molecule has 23 heavy (non-hydrogen) atoms. The summed E-state index contributed by atoms with van der Waals surface area (Å²) in [5.74, 6) is -0.880. The molecule has 0 saturated carbocycles. The molecule has 2 rings (SSSR count). The molecule has 0 aliphatic carbocycles. The van der Waals surface area contributed by atoms with Crippen LogP contribution in [0.3, 0.4) is 0 Å². The zero-order valence-electron chi connectivity index (χ0n) is 12.7. The predicted octanol–water partition coefficient (Wildman–Crippen LogP) is 2.67. The number of hydrogen-bond donors (Lipinski definition) is 1. The first kappa shape index (κ1) is 16.2. The molecule has 0 radical (unpaired) electrons. The standard InChI is InChI=1S/C18H16N2O3/c1-13(23-17(21)11-14-5-3-2-4-6-14)18(22)20-16-9-7-15(12-19)8-10-16/h2-10,13H,11H2,1H3,(H,20,22)/t13-/m1/s1. The minimum absolute atomic E-state index is 0.120. The zero-order chi connectivity index (χ0) is 16.7. The summed E-state index contributed by atoms with van der Waals surface area (Å²) in [5, 5.41) is 11.4. The molecule has 0 bridgehead atoms. The van der Waals surface area contributed by atoms with Gasteiger partial charge < -0.3 is 10.1 Å². The Balaban J connectivity index is 1.86. The van der Waals surface area contributed by atoms with Gasteiger partial charge in [0.2, 0.25) is 0 Å². The molecule has 0 heterocycles. The number of amides is 1. The van der Waals surface area contributed by atoms with E-state index in [1.54, 1.807) is 24.3 Å². The maximum atomic E-state index is 12.0. The van der Waals surface area contributed by atoms with Crippen LogP contribution in [0, 0.1) is 11.3 Å². The number of nitrogens with zero attached hydrogens (tertiary/aromatic N) is 1. The molecule has 1 amide bonds. The van der Waals surface area contributed by atoms with E-state index in [9.17, 15) is 9.59 Å². The van der Waals surface area contributed by atoms with Crippen molar-refractivity contribution in [2.45, 2.75) is 19.4 Å². The maximum absolute atomic E-state index is 12.0. The van der Waals surface area contributed by atoms with Crippen LogP contribution in [0.25, 0.3) is 0 Å². The summed E-state index contributed by atoms with van der Waals surface area (Å²) in [6, 6.07) is 17.6. The van der Waals surface area contributed by atoms with E-state index >= 15 is 0 Å². The van der Waals surface area contributed by atoms with Crippen molar-refractivity contribution in [1.29, 1.82) is 5.26 Å². The number of nitriles is 1. The molecule has 2 aromatic carbocycles. The van der Waals surface area contributed by atoms with Gasteiger partial charge in [-0.3, -0.25) is 9.59 Å². The van der Waals surface area contributed by atoms with E-state index in [1.807, 2.05) is 36.4 Å². The lowest BCUT2D eigenvalue weighted by Crippen LogP contribution is -2.30. The van der Waals surface area contributed by atoms with Gasteiger partial charge in [0.1, 0.15) is 0 Å². The van der Waals surface area contributed by atoms with Crippen LogP contribution in [-0.4, -0.2) is 18.0 Å². The van der Waals surface area contributed by atoms with Crippen LogP contribution in [0.1, 0.15) is 18.1 Å². The van der Waals surface area contributed by atoms with Gasteiger partial charge in [-0.2, -0.15) is 5.26 Å². The Bertz CT molecular complexity index is 718. The Morgan fingerprint density at radius 2 is 1.78 bits per heavy atom. The molecule has 0 spiro atoms. The van der Waals surface area contributed by atoms with Gasteiger partial charge in [-0.1, -0.05) is 30.3 Å². The third-order valence-electron chi connectivity index (χ3n) is 3.15. The molecular weight excluding hydrogens is 292 g/mol. The van der Waals surface area contributed by atoms with E-state index < -0.39 is 18.0 Å².